The third kappa shape index (κ3) is 4.86. The number of ether oxygens (including phenoxy) is 2. The summed E-state index contributed by atoms with van der Waals surface area (Å²) in [4.78, 5) is 43.5. The van der Waals surface area contributed by atoms with E-state index in [1.165, 1.54) is 36.9 Å². The summed E-state index contributed by atoms with van der Waals surface area (Å²) in [5.41, 5.74) is 3.48. The van der Waals surface area contributed by atoms with Gasteiger partial charge in [-0.05, 0) is 70.8 Å². The molecule has 2 aromatic heterocycles. The van der Waals surface area contributed by atoms with Crippen molar-refractivity contribution in [1.29, 1.82) is 0 Å². The molecule has 5 aromatic carbocycles. The van der Waals surface area contributed by atoms with Gasteiger partial charge in [-0.1, -0.05) is 24.3 Å². The predicted molar refractivity (Wildman–Crippen MR) is 172 cm³/mol. The second-order valence-electron chi connectivity index (χ2n) is 9.76. The first-order valence-electron chi connectivity index (χ1n) is 13.1. The van der Waals surface area contributed by atoms with E-state index in [9.17, 15) is 19.0 Å². The molecule has 0 saturated heterocycles. The molecule has 0 aliphatic rings. The van der Waals surface area contributed by atoms with Crippen LogP contribution < -0.4 is 4.52 Å². The number of rotatable bonds is 6. The van der Waals surface area contributed by atoms with Gasteiger partial charge in [0, 0.05) is 15.5 Å². The van der Waals surface area contributed by atoms with Crippen LogP contribution in [0.4, 0.5) is 0 Å². The average Bonchev–Trinajstić information content (AvgIpc) is 3.66. The molecular formula is C32H20N2O7PS2+. The van der Waals surface area contributed by atoms with Crippen LogP contribution in [0.5, 0.6) is 5.75 Å². The van der Waals surface area contributed by atoms with Gasteiger partial charge in [0.25, 0.3) is 0 Å². The molecule has 12 heteroatoms. The van der Waals surface area contributed by atoms with Crippen LogP contribution in [0.2, 0.25) is 0 Å². The number of fused-ring (bicyclic) bond motifs is 4. The van der Waals surface area contributed by atoms with E-state index in [-0.39, 0.29) is 5.75 Å². The van der Waals surface area contributed by atoms with Gasteiger partial charge in [0.05, 0.1) is 51.3 Å². The Kier molecular flexibility index (Phi) is 7.02. The van der Waals surface area contributed by atoms with Gasteiger partial charge in [0.2, 0.25) is 5.75 Å². The first-order valence-corrected chi connectivity index (χ1v) is 15.9. The van der Waals surface area contributed by atoms with E-state index >= 15 is 0 Å². The Bertz CT molecular complexity index is 2330. The fraction of sp³-hybridized carbons (Fsp3) is 0.0625. The molecule has 1 unspecified atom stereocenters. The zero-order chi connectivity index (χ0) is 30.5. The summed E-state index contributed by atoms with van der Waals surface area (Å²) in [6.07, 6.45) is 0. The van der Waals surface area contributed by atoms with Crippen LogP contribution in [0, 0.1) is 0 Å². The van der Waals surface area contributed by atoms with Crippen molar-refractivity contribution >= 4 is 84.8 Å². The van der Waals surface area contributed by atoms with Crippen LogP contribution in [-0.2, 0) is 14.0 Å². The summed E-state index contributed by atoms with van der Waals surface area (Å²) in [6, 6.07) is 24.0. The predicted octanol–water partition coefficient (Wildman–Crippen LogP) is 8.15. The van der Waals surface area contributed by atoms with Crippen LogP contribution in [0.3, 0.4) is 0 Å². The molecule has 0 radical (unpaired) electrons. The van der Waals surface area contributed by atoms with Gasteiger partial charge < -0.3 is 9.47 Å². The third-order valence-corrected chi connectivity index (χ3v) is 9.69. The van der Waals surface area contributed by atoms with E-state index in [2.05, 4.69) is 0 Å². The maximum Gasteiger partial charge on any atom is 0.747 e. The number of nitrogens with zero attached hydrogens (tertiary/aromatic N) is 2. The van der Waals surface area contributed by atoms with E-state index in [1.807, 2.05) is 48.5 Å². The largest absolute Gasteiger partial charge is 0.747 e. The highest BCUT2D eigenvalue weighted by Crippen LogP contribution is 2.45. The average molecular weight is 640 g/mol. The molecule has 216 valence electrons. The van der Waals surface area contributed by atoms with Gasteiger partial charge in [-0.15, -0.1) is 27.6 Å². The minimum absolute atomic E-state index is 0.224. The lowest BCUT2D eigenvalue weighted by molar-refractivity contribution is 0.0592. The van der Waals surface area contributed by atoms with Crippen molar-refractivity contribution in [3.63, 3.8) is 0 Å². The third-order valence-electron chi connectivity index (χ3n) is 7.22. The molecule has 7 rings (SSSR count). The van der Waals surface area contributed by atoms with Crippen molar-refractivity contribution in [2.75, 3.05) is 14.2 Å². The number of methoxy groups -OCH3 is 2. The number of esters is 2. The monoisotopic (exact) mass is 639 g/mol. The number of carbonyl (C=O) groups is 2. The highest BCUT2D eigenvalue weighted by atomic mass is 32.1. The topological polar surface area (TPSA) is 125 Å². The van der Waals surface area contributed by atoms with Gasteiger partial charge in [-0.25, -0.2) is 24.1 Å². The zero-order valence-electron chi connectivity index (χ0n) is 23.1. The van der Waals surface area contributed by atoms with Crippen LogP contribution in [0.15, 0.2) is 78.9 Å². The molecule has 0 saturated carbocycles. The Morgan fingerprint density at radius 2 is 1.30 bits per heavy atom. The molecule has 0 spiro atoms. The molecule has 2 heterocycles. The Morgan fingerprint density at radius 1 is 0.705 bits per heavy atom. The summed E-state index contributed by atoms with van der Waals surface area (Å²) in [6.45, 7) is 0. The number of aromatic nitrogens is 2. The summed E-state index contributed by atoms with van der Waals surface area (Å²) in [5.74, 6) is -0.670. The van der Waals surface area contributed by atoms with Crippen molar-refractivity contribution in [3.05, 3.63) is 90.0 Å². The second kappa shape index (κ2) is 11.0. The summed E-state index contributed by atoms with van der Waals surface area (Å²) in [7, 11) is -0.336. The van der Waals surface area contributed by atoms with Crippen molar-refractivity contribution < 1.29 is 33.0 Å². The maximum absolute atomic E-state index is 12.1. The first-order chi connectivity index (χ1) is 21.3. The summed E-state index contributed by atoms with van der Waals surface area (Å²) in [5, 5.41) is 4.58. The Morgan fingerprint density at radius 3 is 1.89 bits per heavy atom. The van der Waals surface area contributed by atoms with Crippen LogP contribution in [0.25, 0.3) is 63.1 Å². The number of thiazole rings is 2. The number of benzene rings is 5. The molecule has 0 bridgehead atoms. The molecule has 0 aliphatic carbocycles. The smallest absolute Gasteiger partial charge is 0.465 e. The molecule has 0 aliphatic heterocycles. The highest BCUT2D eigenvalue weighted by Gasteiger charge is 2.25. The molecule has 44 heavy (non-hydrogen) atoms. The van der Waals surface area contributed by atoms with Crippen molar-refractivity contribution in [3.8, 4) is 26.9 Å². The quantitative estimate of drug-likeness (QED) is 0.109. The summed E-state index contributed by atoms with van der Waals surface area (Å²) < 4.78 is 29.1. The highest BCUT2D eigenvalue weighted by molar-refractivity contribution is 7.32. The molecule has 0 fully saturated rings. The number of carbonyl (C=O) groups excluding carboxylic acids is 2. The van der Waals surface area contributed by atoms with E-state index in [4.69, 9.17) is 24.0 Å². The van der Waals surface area contributed by atoms with Crippen LogP contribution in [-0.4, -0.2) is 41.0 Å². The second-order valence-corrected chi connectivity index (χ2v) is 12.5. The lowest BCUT2D eigenvalue weighted by Gasteiger charge is -2.10. The Labute approximate surface area is 258 Å². The van der Waals surface area contributed by atoms with E-state index < -0.39 is 20.2 Å². The van der Waals surface area contributed by atoms with Crippen LogP contribution >= 0.6 is 30.9 Å². The minimum Gasteiger partial charge on any atom is -0.465 e. The van der Waals surface area contributed by atoms with E-state index in [0.717, 1.165) is 36.1 Å². The van der Waals surface area contributed by atoms with Crippen molar-refractivity contribution in [1.82, 2.24) is 9.97 Å². The molecule has 1 N–H and O–H groups in total. The maximum atomic E-state index is 12.1. The van der Waals surface area contributed by atoms with Crippen molar-refractivity contribution in [2.24, 2.45) is 0 Å². The fourth-order valence-electron chi connectivity index (χ4n) is 5.18. The molecular weight excluding hydrogens is 619 g/mol. The zero-order valence-corrected chi connectivity index (χ0v) is 25.6. The van der Waals surface area contributed by atoms with Gasteiger partial charge in [-0.3, -0.25) is 0 Å². The Balaban J connectivity index is 1.41. The lowest BCUT2D eigenvalue weighted by atomic mass is 9.98. The molecule has 9 nitrogen and oxygen atoms in total. The number of hydrogen-bond acceptors (Lipinski definition) is 10. The standard InChI is InChI=1S/C32H19N2O7PS2/c1-39-31(35)18-7-10-26-24(13-18)33-29(43-26)20-5-3-4-16-12-17-6-9-21(28(41-42(37)38)23(17)15-22(16)20)30-34-25-14-19(32(36)40-2)8-11-27(25)44-30/h3-15H,1-2H3/p+1. The Hall–Kier alpha value is -4.80. The SMILES string of the molecule is COC(=O)c1ccc2sc(-c3ccc4cc5cccc(-c6nc7cc(C(=O)OC)ccc7s6)c5cc4c3O[P+](=O)O)nc2c1. The molecule has 1 atom stereocenters. The van der Waals surface area contributed by atoms with Gasteiger partial charge in [-0.2, -0.15) is 0 Å². The van der Waals surface area contributed by atoms with Crippen LogP contribution in [0.1, 0.15) is 20.7 Å². The number of hydrogen-bond donors (Lipinski definition) is 1. The van der Waals surface area contributed by atoms with E-state index in [1.54, 1.807) is 30.3 Å². The molecule has 0 amide bonds. The van der Waals surface area contributed by atoms with Gasteiger partial charge >= 0.3 is 20.2 Å². The van der Waals surface area contributed by atoms with Gasteiger partial charge in [0.1, 0.15) is 10.0 Å². The summed E-state index contributed by atoms with van der Waals surface area (Å²) >= 11 is 2.88. The van der Waals surface area contributed by atoms with Crippen molar-refractivity contribution in [2.45, 2.75) is 0 Å². The van der Waals surface area contributed by atoms with Gasteiger partial charge in [0.15, 0.2) is 0 Å². The normalized spacial score (nSPS) is 11.8. The fourth-order valence-corrected chi connectivity index (χ4v) is 7.48. The first kappa shape index (κ1) is 28.0. The lowest BCUT2D eigenvalue weighted by Crippen LogP contribution is -2.00. The minimum atomic E-state index is -3.00. The molecule has 7 aromatic rings. The van der Waals surface area contributed by atoms with E-state index in [0.29, 0.717) is 38.1 Å².